The number of hydrogen-bond donors (Lipinski definition) is 1. The first kappa shape index (κ1) is 14.9. The summed E-state index contributed by atoms with van der Waals surface area (Å²) in [5.74, 6) is -0.352. The molecule has 3 heteroatoms. The lowest BCUT2D eigenvalue weighted by Gasteiger charge is -2.23. The van der Waals surface area contributed by atoms with Crippen molar-refractivity contribution >= 4 is 17.3 Å². The van der Waals surface area contributed by atoms with Crippen molar-refractivity contribution in [1.82, 2.24) is 0 Å². The maximum absolute atomic E-state index is 13.9. The number of rotatable bonds is 3. The van der Waals surface area contributed by atoms with Crippen LogP contribution in [-0.2, 0) is 12.0 Å². The fraction of sp³-hybridized carbons (Fsp3) is 0.294. The van der Waals surface area contributed by atoms with E-state index >= 15 is 0 Å². The normalized spacial score (nSPS) is 11.4. The lowest BCUT2D eigenvalue weighted by Crippen LogP contribution is -2.15. The molecular weight excluding hydrogens is 273 g/mol. The first-order valence-corrected chi connectivity index (χ1v) is 7.03. The smallest absolute Gasteiger partial charge is 0.146 e. The molecule has 0 atom stereocenters. The molecule has 2 aromatic carbocycles. The summed E-state index contributed by atoms with van der Waals surface area (Å²) in [6, 6.07) is 13.2. The summed E-state index contributed by atoms with van der Waals surface area (Å²) in [7, 11) is 0. The number of hydrogen-bond acceptors (Lipinski definition) is 1. The van der Waals surface area contributed by atoms with Crippen molar-refractivity contribution in [2.45, 2.75) is 32.7 Å². The standard InChI is InChI=1S/C17H19ClFN/c1-17(2,3)13-8-4-5-10-15(13)20-11-12-7-6-9-14(18)16(12)19/h4-10,20H,11H2,1-3H3. The third-order valence-corrected chi connectivity index (χ3v) is 3.53. The van der Waals surface area contributed by atoms with Gasteiger partial charge in [0, 0.05) is 17.8 Å². The quantitative estimate of drug-likeness (QED) is 0.799. The van der Waals surface area contributed by atoms with Crippen LogP contribution in [0.4, 0.5) is 10.1 Å². The average Bonchev–Trinajstić information content (AvgIpc) is 2.40. The maximum Gasteiger partial charge on any atom is 0.146 e. The lowest BCUT2D eigenvalue weighted by molar-refractivity contribution is 0.591. The number of para-hydroxylation sites is 1. The van der Waals surface area contributed by atoms with Crippen molar-refractivity contribution in [1.29, 1.82) is 0 Å². The molecule has 1 N–H and O–H groups in total. The summed E-state index contributed by atoms with van der Waals surface area (Å²) >= 11 is 5.80. The first-order valence-electron chi connectivity index (χ1n) is 6.66. The number of halogens is 2. The predicted molar refractivity (Wildman–Crippen MR) is 83.9 cm³/mol. The Morgan fingerprint density at radius 2 is 1.75 bits per heavy atom. The number of anilines is 1. The Bertz CT molecular complexity index is 602. The molecule has 0 fully saturated rings. The van der Waals surface area contributed by atoms with Gasteiger partial charge in [-0.2, -0.15) is 0 Å². The minimum atomic E-state index is -0.352. The van der Waals surface area contributed by atoms with Gasteiger partial charge in [0.15, 0.2) is 0 Å². The minimum Gasteiger partial charge on any atom is -0.381 e. The minimum absolute atomic E-state index is 0.0382. The second-order valence-electron chi connectivity index (χ2n) is 5.86. The van der Waals surface area contributed by atoms with Crippen LogP contribution in [0, 0.1) is 5.82 Å². The van der Waals surface area contributed by atoms with Gasteiger partial charge in [-0.3, -0.25) is 0 Å². The molecule has 0 aliphatic carbocycles. The molecule has 0 unspecified atom stereocenters. The fourth-order valence-electron chi connectivity index (χ4n) is 2.17. The van der Waals surface area contributed by atoms with Gasteiger partial charge < -0.3 is 5.32 Å². The molecule has 0 heterocycles. The molecule has 0 aromatic heterocycles. The molecule has 106 valence electrons. The molecule has 0 saturated heterocycles. The van der Waals surface area contributed by atoms with E-state index in [0.717, 1.165) is 5.69 Å². The zero-order valence-electron chi connectivity index (χ0n) is 12.0. The zero-order valence-corrected chi connectivity index (χ0v) is 12.8. The van der Waals surface area contributed by atoms with Crippen molar-refractivity contribution in [2.24, 2.45) is 0 Å². The highest BCUT2D eigenvalue weighted by Crippen LogP contribution is 2.29. The summed E-state index contributed by atoms with van der Waals surface area (Å²) in [5, 5.41) is 3.47. The van der Waals surface area contributed by atoms with E-state index in [-0.39, 0.29) is 16.3 Å². The Morgan fingerprint density at radius 3 is 2.45 bits per heavy atom. The largest absolute Gasteiger partial charge is 0.381 e. The van der Waals surface area contributed by atoms with E-state index in [9.17, 15) is 4.39 Å². The Morgan fingerprint density at radius 1 is 1.05 bits per heavy atom. The Kier molecular flexibility index (Phi) is 4.34. The monoisotopic (exact) mass is 291 g/mol. The summed E-state index contributed by atoms with van der Waals surface area (Å²) in [5.41, 5.74) is 2.85. The predicted octanol–water partition coefficient (Wildman–Crippen LogP) is 5.39. The highest BCUT2D eigenvalue weighted by atomic mass is 35.5. The topological polar surface area (TPSA) is 12.0 Å². The third kappa shape index (κ3) is 3.31. The van der Waals surface area contributed by atoms with Crippen molar-refractivity contribution in [2.75, 3.05) is 5.32 Å². The van der Waals surface area contributed by atoms with Crippen LogP contribution in [0.3, 0.4) is 0 Å². The van der Waals surface area contributed by atoms with Crippen LogP contribution >= 0.6 is 11.6 Å². The Labute approximate surface area is 124 Å². The van der Waals surface area contributed by atoms with Crippen LogP contribution in [-0.4, -0.2) is 0 Å². The average molecular weight is 292 g/mol. The van der Waals surface area contributed by atoms with E-state index in [1.165, 1.54) is 5.56 Å². The highest BCUT2D eigenvalue weighted by molar-refractivity contribution is 6.30. The molecule has 0 spiro atoms. The second-order valence-corrected chi connectivity index (χ2v) is 6.27. The van der Waals surface area contributed by atoms with Gasteiger partial charge in [0.2, 0.25) is 0 Å². The van der Waals surface area contributed by atoms with Gasteiger partial charge in [-0.15, -0.1) is 0 Å². The number of benzene rings is 2. The molecule has 0 aliphatic heterocycles. The Hall–Kier alpha value is -1.54. The maximum atomic E-state index is 13.9. The van der Waals surface area contributed by atoms with Gasteiger partial charge in [-0.05, 0) is 23.1 Å². The van der Waals surface area contributed by atoms with Gasteiger partial charge in [0.1, 0.15) is 5.82 Å². The Balaban J connectivity index is 2.22. The van der Waals surface area contributed by atoms with Crippen molar-refractivity contribution in [3.63, 3.8) is 0 Å². The van der Waals surface area contributed by atoms with E-state index in [0.29, 0.717) is 12.1 Å². The van der Waals surface area contributed by atoms with Crippen LogP contribution in [0.1, 0.15) is 31.9 Å². The molecular formula is C17H19ClFN. The van der Waals surface area contributed by atoms with E-state index < -0.39 is 0 Å². The van der Waals surface area contributed by atoms with Crippen LogP contribution < -0.4 is 5.32 Å². The first-order chi connectivity index (χ1) is 9.39. The van der Waals surface area contributed by atoms with Crippen molar-refractivity contribution in [3.05, 3.63) is 64.4 Å². The molecule has 2 aromatic rings. The summed E-state index contributed by atoms with van der Waals surface area (Å²) < 4.78 is 13.9. The molecule has 20 heavy (non-hydrogen) atoms. The van der Waals surface area contributed by atoms with E-state index in [4.69, 9.17) is 11.6 Å². The molecule has 0 amide bonds. The van der Waals surface area contributed by atoms with Crippen LogP contribution in [0.2, 0.25) is 5.02 Å². The van der Waals surface area contributed by atoms with Crippen molar-refractivity contribution < 1.29 is 4.39 Å². The van der Waals surface area contributed by atoms with Crippen LogP contribution in [0.5, 0.6) is 0 Å². The van der Waals surface area contributed by atoms with E-state index in [1.54, 1.807) is 18.2 Å². The van der Waals surface area contributed by atoms with Gasteiger partial charge in [-0.1, -0.05) is 62.7 Å². The zero-order chi connectivity index (χ0) is 14.8. The molecule has 2 rings (SSSR count). The van der Waals surface area contributed by atoms with E-state index in [1.807, 2.05) is 18.2 Å². The van der Waals surface area contributed by atoms with Crippen LogP contribution in [0.25, 0.3) is 0 Å². The molecule has 0 radical (unpaired) electrons. The molecule has 1 nitrogen and oxygen atoms in total. The van der Waals surface area contributed by atoms with Gasteiger partial charge in [0.05, 0.1) is 5.02 Å². The van der Waals surface area contributed by atoms with E-state index in [2.05, 4.69) is 32.2 Å². The third-order valence-electron chi connectivity index (χ3n) is 3.24. The fourth-order valence-corrected chi connectivity index (χ4v) is 2.36. The summed E-state index contributed by atoms with van der Waals surface area (Å²) in [6.45, 7) is 6.90. The number of nitrogens with one attached hydrogen (secondary N) is 1. The molecule has 0 aliphatic rings. The van der Waals surface area contributed by atoms with Gasteiger partial charge in [-0.25, -0.2) is 4.39 Å². The van der Waals surface area contributed by atoms with Gasteiger partial charge in [0.25, 0.3) is 0 Å². The second kappa shape index (κ2) is 5.84. The lowest BCUT2D eigenvalue weighted by atomic mass is 9.86. The summed E-state index contributed by atoms with van der Waals surface area (Å²) in [4.78, 5) is 0. The molecule has 0 bridgehead atoms. The van der Waals surface area contributed by atoms with Crippen LogP contribution in [0.15, 0.2) is 42.5 Å². The highest BCUT2D eigenvalue weighted by Gasteiger charge is 2.17. The van der Waals surface area contributed by atoms with Gasteiger partial charge >= 0.3 is 0 Å². The van der Waals surface area contributed by atoms with Crippen molar-refractivity contribution in [3.8, 4) is 0 Å². The molecule has 0 saturated carbocycles. The SMILES string of the molecule is CC(C)(C)c1ccccc1NCc1cccc(Cl)c1F. The summed E-state index contributed by atoms with van der Waals surface area (Å²) in [6.07, 6.45) is 0.